The first-order chi connectivity index (χ1) is 9.49. The molecule has 4 nitrogen and oxygen atoms in total. The van der Waals surface area contributed by atoms with Gasteiger partial charge in [-0.05, 0) is 49.6 Å². The maximum atomic E-state index is 12.3. The van der Waals surface area contributed by atoms with E-state index in [4.69, 9.17) is 5.73 Å². The number of nitrogens with one attached hydrogen (secondary N) is 1. The van der Waals surface area contributed by atoms with Crippen LogP contribution in [-0.4, -0.2) is 10.9 Å². The highest BCUT2D eigenvalue weighted by Gasteiger charge is 2.10. The van der Waals surface area contributed by atoms with Crippen LogP contribution in [0.5, 0.6) is 0 Å². The molecule has 0 spiro atoms. The second kappa shape index (κ2) is 5.74. The number of aromatic nitrogens is 1. The van der Waals surface area contributed by atoms with Crippen LogP contribution in [0.15, 0.2) is 30.3 Å². The average molecular weight is 269 g/mol. The average Bonchev–Trinajstić information content (AvgIpc) is 2.42. The summed E-state index contributed by atoms with van der Waals surface area (Å²) in [5, 5.41) is 2.92. The number of pyridine rings is 1. The van der Waals surface area contributed by atoms with Gasteiger partial charge in [-0.25, -0.2) is 4.98 Å². The van der Waals surface area contributed by atoms with Crippen LogP contribution in [0, 0.1) is 13.8 Å². The zero-order chi connectivity index (χ0) is 14.7. The van der Waals surface area contributed by atoms with Crippen LogP contribution in [0.1, 0.15) is 34.1 Å². The number of anilines is 2. The summed E-state index contributed by atoms with van der Waals surface area (Å²) in [6, 6.07) is 9.34. The van der Waals surface area contributed by atoms with Gasteiger partial charge in [0.05, 0.1) is 0 Å². The van der Waals surface area contributed by atoms with E-state index in [1.807, 2.05) is 39.0 Å². The number of nitrogens with zero attached hydrogens (tertiary/aromatic N) is 1. The Morgan fingerprint density at radius 2 is 2.00 bits per heavy atom. The van der Waals surface area contributed by atoms with Crippen LogP contribution < -0.4 is 11.1 Å². The zero-order valence-corrected chi connectivity index (χ0v) is 12.0. The van der Waals surface area contributed by atoms with E-state index in [2.05, 4.69) is 10.3 Å². The molecule has 0 radical (unpaired) electrons. The van der Waals surface area contributed by atoms with E-state index < -0.39 is 0 Å². The van der Waals surface area contributed by atoms with Crippen LogP contribution in [0.2, 0.25) is 0 Å². The normalized spacial score (nSPS) is 10.3. The fraction of sp³-hybridized carbons (Fsp3) is 0.250. The van der Waals surface area contributed by atoms with Gasteiger partial charge in [0.1, 0.15) is 5.82 Å². The lowest BCUT2D eigenvalue weighted by Gasteiger charge is -2.10. The third-order valence-electron chi connectivity index (χ3n) is 3.16. The van der Waals surface area contributed by atoms with Crippen LogP contribution in [0.25, 0.3) is 0 Å². The van der Waals surface area contributed by atoms with Crippen LogP contribution in [0.4, 0.5) is 11.5 Å². The first kappa shape index (κ1) is 14.1. The molecule has 0 fully saturated rings. The molecule has 4 heteroatoms. The van der Waals surface area contributed by atoms with Crippen molar-refractivity contribution in [1.82, 2.24) is 4.98 Å². The molecule has 1 amide bonds. The van der Waals surface area contributed by atoms with Gasteiger partial charge in [-0.2, -0.15) is 0 Å². The van der Waals surface area contributed by atoms with Crippen LogP contribution >= 0.6 is 0 Å². The molecule has 2 aromatic rings. The van der Waals surface area contributed by atoms with Crippen molar-refractivity contribution in [3.05, 3.63) is 52.7 Å². The number of aryl methyl sites for hydroxylation is 3. The van der Waals surface area contributed by atoms with E-state index in [0.29, 0.717) is 11.4 Å². The zero-order valence-electron chi connectivity index (χ0n) is 12.0. The predicted octanol–water partition coefficient (Wildman–Crippen LogP) is 3.10. The molecule has 0 saturated heterocycles. The van der Waals surface area contributed by atoms with Crippen molar-refractivity contribution in [1.29, 1.82) is 0 Å². The molecular weight excluding hydrogens is 250 g/mol. The Morgan fingerprint density at radius 3 is 2.70 bits per heavy atom. The van der Waals surface area contributed by atoms with Crippen molar-refractivity contribution in [2.75, 3.05) is 11.1 Å². The first-order valence-electron chi connectivity index (χ1n) is 6.64. The molecule has 104 valence electrons. The highest BCUT2D eigenvalue weighted by molar-refractivity contribution is 6.05. The molecule has 0 unspecified atom stereocenters. The van der Waals surface area contributed by atoms with Crippen LogP contribution in [-0.2, 0) is 6.42 Å². The number of hydrogen-bond acceptors (Lipinski definition) is 3. The van der Waals surface area contributed by atoms with Crippen molar-refractivity contribution < 1.29 is 4.79 Å². The van der Waals surface area contributed by atoms with Gasteiger partial charge in [0.25, 0.3) is 5.91 Å². The van der Waals surface area contributed by atoms with E-state index >= 15 is 0 Å². The fourth-order valence-corrected chi connectivity index (χ4v) is 1.99. The molecular formula is C16H19N3O. The molecule has 0 aliphatic heterocycles. The molecule has 3 N–H and O–H groups in total. The number of nitrogen functional groups attached to an aromatic ring is 1. The van der Waals surface area contributed by atoms with Gasteiger partial charge in [-0.15, -0.1) is 0 Å². The van der Waals surface area contributed by atoms with Crippen molar-refractivity contribution in [3.63, 3.8) is 0 Å². The number of carbonyl (C=O) groups excluding carboxylic acids is 1. The van der Waals surface area contributed by atoms with E-state index in [1.54, 1.807) is 12.1 Å². The summed E-state index contributed by atoms with van der Waals surface area (Å²) in [5.74, 6) is 0.206. The van der Waals surface area contributed by atoms with E-state index in [9.17, 15) is 4.79 Å². The SMILES string of the molecule is CCc1cc(C(=O)Nc2cc(C)ccc2C)cc(N)n1. The number of hydrogen-bond donors (Lipinski definition) is 2. The molecule has 20 heavy (non-hydrogen) atoms. The molecule has 0 atom stereocenters. The van der Waals surface area contributed by atoms with Gasteiger partial charge in [-0.3, -0.25) is 4.79 Å². The maximum absolute atomic E-state index is 12.3. The Labute approximate surface area is 119 Å². The number of nitrogens with two attached hydrogens (primary N) is 1. The molecule has 0 aliphatic carbocycles. The van der Waals surface area contributed by atoms with E-state index in [0.717, 1.165) is 28.9 Å². The number of carbonyl (C=O) groups is 1. The quantitative estimate of drug-likeness (QED) is 0.899. The summed E-state index contributed by atoms with van der Waals surface area (Å²) in [6.07, 6.45) is 0.745. The molecule has 0 bridgehead atoms. The smallest absolute Gasteiger partial charge is 0.255 e. The van der Waals surface area contributed by atoms with Gasteiger partial charge < -0.3 is 11.1 Å². The summed E-state index contributed by atoms with van der Waals surface area (Å²) in [7, 11) is 0. The summed E-state index contributed by atoms with van der Waals surface area (Å²) >= 11 is 0. The van der Waals surface area contributed by atoms with Crippen molar-refractivity contribution >= 4 is 17.4 Å². The third kappa shape index (κ3) is 3.15. The number of amides is 1. The molecule has 1 aromatic heterocycles. The second-order valence-corrected chi connectivity index (χ2v) is 4.90. The first-order valence-corrected chi connectivity index (χ1v) is 6.64. The minimum atomic E-state index is -0.164. The van der Waals surface area contributed by atoms with Gasteiger partial charge in [0.2, 0.25) is 0 Å². The maximum Gasteiger partial charge on any atom is 0.255 e. The number of rotatable bonds is 3. The Hall–Kier alpha value is -2.36. The molecule has 1 aromatic carbocycles. The highest BCUT2D eigenvalue weighted by atomic mass is 16.1. The Balaban J connectivity index is 2.28. The minimum absolute atomic E-state index is 0.164. The Bertz CT molecular complexity index is 650. The largest absolute Gasteiger partial charge is 0.384 e. The molecule has 0 aliphatic rings. The van der Waals surface area contributed by atoms with Crippen molar-refractivity contribution in [2.24, 2.45) is 0 Å². The summed E-state index contributed by atoms with van der Waals surface area (Å²) in [6.45, 7) is 5.94. The molecule has 2 rings (SSSR count). The lowest BCUT2D eigenvalue weighted by Crippen LogP contribution is -2.14. The predicted molar refractivity (Wildman–Crippen MR) is 81.9 cm³/mol. The van der Waals surface area contributed by atoms with Gasteiger partial charge >= 0.3 is 0 Å². The van der Waals surface area contributed by atoms with Gasteiger partial charge in [-0.1, -0.05) is 19.1 Å². The second-order valence-electron chi connectivity index (χ2n) is 4.90. The van der Waals surface area contributed by atoms with Gasteiger partial charge in [0.15, 0.2) is 0 Å². The monoisotopic (exact) mass is 269 g/mol. The fourth-order valence-electron chi connectivity index (χ4n) is 1.99. The summed E-state index contributed by atoms with van der Waals surface area (Å²) in [5.41, 5.74) is 10.0. The minimum Gasteiger partial charge on any atom is -0.384 e. The Morgan fingerprint density at radius 1 is 1.25 bits per heavy atom. The standard InChI is InChI=1S/C16H19N3O/c1-4-13-8-12(9-15(17)18-13)16(20)19-14-7-10(2)5-6-11(14)3/h5-9H,4H2,1-3H3,(H2,17,18)(H,19,20). The van der Waals surface area contributed by atoms with Crippen LogP contribution in [0.3, 0.4) is 0 Å². The van der Waals surface area contributed by atoms with E-state index in [-0.39, 0.29) is 5.91 Å². The van der Waals surface area contributed by atoms with Gasteiger partial charge in [0, 0.05) is 16.9 Å². The molecule has 1 heterocycles. The highest BCUT2D eigenvalue weighted by Crippen LogP contribution is 2.18. The van der Waals surface area contributed by atoms with Crippen molar-refractivity contribution in [3.8, 4) is 0 Å². The third-order valence-corrected chi connectivity index (χ3v) is 3.16. The summed E-state index contributed by atoms with van der Waals surface area (Å²) < 4.78 is 0. The Kier molecular flexibility index (Phi) is 4.03. The topological polar surface area (TPSA) is 68.0 Å². The lowest BCUT2D eigenvalue weighted by atomic mass is 10.1. The summed E-state index contributed by atoms with van der Waals surface area (Å²) in [4.78, 5) is 16.5. The molecule has 0 saturated carbocycles. The van der Waals surface area contributed by atoms with E-state index in [1.165, 1.54) is 0 Å². The van der Waals surface area contributed by atoms with Crippen molar-refractivity contribution in [2.45, 2.75) is 27.2 Å². The number of benzene rings is 1. The lowest BCUT2D eigenvalue weighted by molar-refractivity contribution is 0.102.